The first-order chi connectivity index (χ1) is 13.0. The zero-order valence-corrected chi connectivity index (χ0v) is 15.5. The van der Waals surface area contributed by atoms with E-state index in [1.807, 2.05) is 10.6 Å². The van der Waals surface area contributed by atoms with Crippen molar-refractivity contribution in [3.8, 4) is 0 Å². The molecule has 1 N–H and O–H groups in total. The lowest BCUT2D eigenvalue weighted by atomic mass is 10.1. The monoisotopic (exact) mass is 362 g/mol. The molecule has 27 heavy (non-hydrogen) atoms. The van der Waals surface area contributed by atoms with Crippen molar-refractivity contribution in [3.05, 3.63) is 77.5 Å². The lowest BCUT2D eigenvalue weighted by molar-refractivity contribution is -0.117. The first-order valence-electron chi connectivity index (χ1n) is 8.82. The second-order valence-electron chi connectivity index (χ2n) is 6.61. The molecular weight excluding hydrogens is 340 g/mol. The number of hydrogen-bond acceptors (Lipinski definition) is 4. The van der Waals surface area contributed by atoms with Crippen molar-refractivity contribution in [3.63, 3.8) is 0 Å². The minimum absolute atomic E-state index is 0.125. The van der Waals surface area contributed by atoms with Gasteiger partial charge < -0.3 is 14.7 Å². The molecule has 3 rings (SSSR count). The highest BCUT2D eigenvalue weighted by Gasteiger charge is 2.09. The number of Topliss-reactive ketones (excluding diaryl/α,β-unsaturated/α-hetero) is 1. The molecule has 0 aliphatic heterocycles. The molecule has 2 heterocycles. The highest BCUT2D eigenvalue weighted by molar-refractivity contribution is 6.03. The molecular formula is C21H22N4O2. The highest BCUT2D eigenvalue weighted by Crippen LogP contribution is 2.11. The number of ketones is 1. The Morgan fingerprint density at radius 1 is 1.15 bits per heavy atom. The van der Waals surface area contributed by atoms with E-state index >= 15 is 0 Å². The van der Waals surface area contributed by atoms with Gasteiger partial charge in [-0.2, -0.15) is 0 Å². The van der Waals surface area contributed by atoms with Crippen LogP contribution in [0.3, 0.4) is 0 Å². The highest BCUT2D eigenvalue weighted by atomic mass is 16.1. The number of pyridine rings is 1. The van der Waals surface area contributed by atoms with Gasteiger partial charge in [-0.15, -0.1) is 0 Å². The molecule has 0 unspecified atom stereocenters. The van der Waals surface area contributed by atoms with E-state index in [1.165, 1.54) is 17.3 Å². The number of anilines is 1. The normalized spacial score (nSPS) is 10.6. The number of aromatic nitrogens is 3. The molecule has 0 atom stereocenters. The van der Waals surface area contributed by atoms with Crippen LogP contribution in [0.5, 0.6) is 0 Å². The summed E-state index contributed by atoms with van der Waals surface area (Å²) in [5.41, 5.74) is 3.63. The maximum absolute atomic E-state index is 12.3. The summed E-state index contributed by atoms with van der Waals surface area (Å²) in [6.45, 7) is 4.30. The predicted molar refractivity (Wildman–Crippen MR) is 104 cm³/mol. The van der Waals surface area contributed by atoms with Crippen LogP contribution in [0.1, 0.15) is 40.5 Å². The molecule has 0 bridgehead atoms. The topological polar surface area (TPSA) is 76.9 Å². The number of rotatable bonds is 7. The number of nitrogens with zero attached hydrogens (tertiary/aromatic N) is 3. The van der Waals surface area contributed by atoms with E-state index < -0.39 is 0 Å². The van der Waals surface area contributed by atoms with Crippen molar-refractivity contribution in [2.75, 3.05) is 5.32 Å². The molecule has 0 radical (unpaired) electrons. The lowest BCUT2D eigenvalue weighted by Gasteiger charge is -2.04. The Morgan fingerprint density at radius 2 is 2.00 bits per heavy atom. The van der Waals surface area contributed by atoms with E-state index in [1.54, 1.807) is 31.6 Å². The van der Waals surface area contributed by atoms with Gasteiger partial charge >= 0.3 is 0 Å². The van der Waals surface area contributed by atoms with E-state index in [2.05, 4.69) is 40.4 Å². The van der Waals surface area contributed by atoms with Crippen molar-refractivity contribution in [2.45, 2.75) is 33.2 Å². The van der Waals surface area contributed by atoms with Crippen molar-refractivity contribution in [1.82, 2.24) is 14.5 Å². The van der Waals surface area contributed by atoms with Gasteiger partial charge in [-0.1, -0.05) is 29.8 Å². The number of benzene rings is 1. The third-order valence-electron chi connectivity index (χ3n) is 4.14. The van der Waals surface area contributed by atoms with Gasteiger partial charge in [0.05, 0.1) is 11.9 Å². The fraction of sp³-hybridized carbons (Fsp3) is 0.238. The molecule has 6 heteroatoms. The zero-order valence-electron chi connectivity index (χ0n) is 15.5. The number of imidazole rings is 1. The SMILES string of the molecule is CC(=O)CCc1ccc(C(=O)Nc2cn(Cc3cccc(C)c3)cn2)cn1. The summed E-state index contributed by atoms with van der Waals surface area (Å²) in [5, 5.41) is 2.78. The largest absolute Gasteiger partial charge is 0.331 e. The van der Waals surface area contributed by atoms with Crippen LogP contribution in [-0.2, 0) is 17.8 Å². The van der Waals surface area contributed by atoms with Crippen molar-refractivity contribution < 1.29 is 9.59 Å². The molecule has 0 fully saturated rings. The fourth-order valence-electron chi connectivity index (χ4n) is 2.73. The second kappa shape index (κ2) is 8.40. The quantitative estimate of drug-likeness (QED) is 0.699. The van der Waals surface area contributed by atoms with Crippen LogP contribution < -0.4 is 5.32 Å². The average molecular weight is 362 g/mol. The Morgan fingerprint density at radius 3 is 2.70 bits per heavy atom. The second-order valence-corrected chi connectivity index (χ2v) is 6.61. The van der Waals surface area contributed by atoms with E-state index in [0.29, 0.717) is 30.8 Å². The molecule has 6 nitrogen and oxygen atoms in total. The summed E-state index contributed by atoms with van der Waals surface area (Å²) in [6.07, 6.45) is 6.06. The summed E-state index contributed by atoms with van der Waals surface area (Å²) < 4.78 is 1.92. The number of nitrogens with one attached hydrogen (secondary N) is 1. The van der Waals surface area contributed by atoms with Gasteiger partial charge in [0.25, 0.3) is 5.91 Å². The number of carbonyl (C=O) groups excluding carboxylic acids is 2. The summed E-state index contributed by atoms with van der Waals surface area (Å²) in [6, 6.07) is 11.7. The van der Waals surface area contributed by atoms with Crippen LogP contribution in [-0.4, -0.2) is 26.2 Å². The van der Waals surface area contributed by atoms with Gasteiger partial charge in [0.15, 0.2) is 5.82 Å². The van der Waals surface area contributed by atoms with Gasteiger partial charge in [0, 0.05) is 31.1 Å². The number of amides is 1. The molecule has 0 aliphatic carbocycles. The molecule has 1 aromatic carbocycles. The summed E-state index contributed by atoms with van der Waals surface area (Å²) in [5.74, 6) is 0.356. The first-order valence-corrected chi connectivity index (χ1v) is 8.82. The minimum atomic E-state index is -0.263. The third kappa shape index (κ3) is 5.34. The summed E-state index contributed by atoms with van der Waals surface area (Å²) in [7, 11) is 0. The number of aryl methyl sites for hydroxylation is 2. The van der Waals surface area contributed by atoms with Gasteiger partial charge in [0.1, 0.15) is 5.78 Å². The third-order valence-corrected chi connectivity index (χ3v) is 4.14. The Kier molecular flexibility index (Phi) is 5.76. The van der Waals surface area contributed by atoms with Gasteiger partial charge in [-0.25, -0.2) is 4.98 Å². The Balaban J connectivity index is 1.59. The van der Waals surface area contributed by atoms with Crippen LogP contribution in [0.4, 0.5) is 5.82 Å². The molecule has 3 aromatic rings. The lowest BCUT2D eigenvalue weighted by Crippen LogP contribution is -2.12. The standard InChI is InChI=1S/C21H22N4O2/c1-15-4-3-5-17(10-15)12-25-13-20(23-14-25)24-21(27)18-7-9-19(22-11-18)8-6-16(2)26/h3-5,7,9-11,13-14H,6,8,12H2,1-2H3,(H,24,27). The maximum Gasteiger partial charge on any atom is 0.258 e. The molecule has 0 saturated heterocycles. The van der Waals surface area contributed by atoms with Gasteiger partial charge in [-0.3, -0.25) is 9.78 Å². The van der Waals surface area contributed by atoms with Crippen molar-refractivity contribution >= 4 is 17.5 Å². The van der Waals surface area contributed by atoms with Crippen LogP contribution in [0.2, 0.25) is 0 Å². The molecule has 0 saturated carbocycles. The zero-order chi connectivity index (χ0) is 19.2. The van der Waals surface area contributed by atoms with Crippen LogP contribution >= 0.6 is 0 Å². The van der Waals surface area contributed by atoms with Crippen molar-refractivity contribution in [2.24, 2.45) is 0 Å². The van der Waals surface area contributed by atoms with Crippen molar-refractivity contribution in [1.29, 1.82) is 0 Å². The van der Waals surface area contributed by atoms with Gasteiger partial charge in [0.2, 0.25) is 0 Å². The smallest absolute Gasteiger partial charge is 0.258 e. The van der Waals surface area contributed by atoms with E-state index in [-0.39, 0.29) is 11.7 Å². The summed E-state index contributed by atoms with van der Waals surface area (Å²) >= 11 is 0. The molecule has 2 aromatic heterocycles. The van der Waals surface area contributed by atoms with E-state index in [9.17, 15) is 9.59 Å². The van der Waals surface area contributed by atoms with Crippen LogP contribution in [0, 0.1) is 6.92 Å². The Hall–Kier alpha value is -3.28. The van der Waals surface area contributed by atoms with Gasteiger partial charge in [-0.05, 0) is 38.0 Å². The minimum Gasteiger partial charge on any atom is -0.331 e. The van der Waals surface area contributed by atoms with Crippen LogP contribution in [0.15, 0.2) is 55.1 Å². The summed E-state index contributed by atoms with van der Waals surface area (Å²) in [4.78, 5) is 31.9. The fourth-order valence-corrected chi connectivity index (χ4v) is 2.73. The number of carbonyl (C=O) groups is 2. The first kappa shape index (κ1) is 18.5. The number of hydrogen-bond donors (Lipinski definition) is 1. The Bertz CT molecular complexity index is 945. The maximum atomic E-state index is 12.3. The predicted octanol–water partition coefficient (Wildman–Crippen LogP) is 3.41. The molecule has 0 spiro atoms. The molecule has 138 valence electrons. The van der Waals surface area contributed by atoms with Crippen LogP contribution in [0.25, 0.3) is 0 Å². The van der Waals surface area contributed by atoms with E-state index in [0.717, 1.165) is 5.69 Å². The van der Waals surface area contributed by atoms with E-state index in [4.69, 9.17) is 0 Å². The molecule has 0 aliphatic rings. The Labute approximate surface area is 158 Å². The molecule has 1 amide bonds. The average Bonchev–Trinajstić information content (AvgIpc) is 3.07.